The predicted octanol–water partition coefficient (Wildman–Crippen LogP) is 4.91. The average molecular weight is 443 g/mol. The molecule has 0 bridgehead atoms. The number of sulfonamides is 1. The van der Waals surface area contributed by atoms with Crippen LogP contribution in [-0.4, -0.2) is 31.7 Å². The van der Waals surface area contributed by atoms with Crippen molar-refractivity contribution < 1.29 is 13.2 Å². The lowest BCUT2D eigenvalue weighted by Gasteiger charge is -2.29. The molecule has 1 aliphatic rings. The molecule has 1 amide bonds. The lowest BCUT2D eigenvalue weighted by Crippen LogP contribution is -2.38. The van der Waals surface area contributed by atoms with Gasteiger partial charge in [0.05, 0.1) is 10.9 Å². The van der Waals surface area contributed by atoms with E-state index in [-0.39, 0.29) is 16.8 Å². The topological polar surface area (TPSA) is 66.5 Å². The van der Waals surface area contributed by atoms with Gasteiger partial charge >= 0.3 is 0 Å². The molecular formula is C25H34N2O3S. The fraction of sp³-hybridized carbons (Fsp3) is 0.480. The van der Waals surface area contributed by atoms with Crippen molar-refractivity contribution in [2.75, 3.05) is 13.1 Å². The zero-order chi connectivity index (χ0) is 22.8. The SMILES string of the molecule is CC[C@H](NC(=O)c1cc(S(=O)(=O)N2CCC(C)CC2)ccc1C)c1ccc(C)c(C)c1. The minimum absolute atomic E-state index is 0.130. The van der Waals surface area contributed by atoms with Gasteiger partial charge in [-0.2, -0.15) is 4.31 Å². The van der Waals surface area contributed by atoms with E-state index >= 15 is 0 Å². The Bertz CT molecular complexity index is 1050. The molecule has 1 atom stereocenters. The molecular weight excluding hydrogens is 408 g/mol. The molecule has 2 aromatic rings. The highest BCUT2D eigenvalue weighted by Gasteiger charge is 2.29. The minimum atomic E-state index is -3.60. The molecule has 0 aromatic heterocycles. The van der Waals surface area contributed by atoms with Gasteiger partial charge in [-0.25, -0.2) is 8.42 Å². The van der Waals surface area contributed by atoms with Crippen LogP contribution >= 0.6 is 0 Å². The number of nitrogens with one attached hydrogen (secondary N) is 1. The van der Waals surface area contributed by atoms with Crippen molar-refractivity contribution >= 4 is 15.9 Å². The third-order valence-corrected chi connectivity index (χ3v) is 8.38. The van der Waals surface area contributed by atoms with Crippen molar-refractivity contribution in [1.82, 2.24) is 9.62 Å². The van der Waals surface area contributed by atoms with Crippen molar-refractivity contribution in [3.8, 4) is 0 Å². The molecule has 2 aromatic carbocycles. The smallest absolute Gasteiger partial charge is 0.252 e. The fourth-order valence-corrected chi connectivity index (χ4v) is 5.52. The van der Waals surface area contributed by atoms with Gasteiger partial charge in [0.25, 0.3) is 5.91 Å². The van der Waals surface area contributed by atoms with Crippen LogP contribution in [0, 0.1) is 26.7 Å². The lowest BCUT2D eigenvalue weighted by atomic mass is 9.99. The fourth-order valence-electron chi connectivity index (χ4n) is 4.02. The quantitative estimate of drug-likeness (QED) is 0.691. The van der Waals surface area contributed by atoms with Crippen LogP contribution in [0.5, 0.6) is 0 Å². The molecule has 1 saturated heterocycles. The maximum absolute atomic E-state index is 13.1. The molecule has 1 aliphatic heterocycles. The molecule has 1 fully saturated rings. The van der Waals surface area contributed by atoms with Crippen molar-refractivity contribution in [3.05, 3.63) is 64.2 Å². The van der Waals surface area contributed by atoms with E-state index in [4.69, 9.17) is 0 Å². The van der Waals surface area contributed by atoms with Gasteiger partial charge in [-0.15, -0.1) is 0 Å². The first-order valence-corrected chi connectivity index (χ1v) is 12.6. The first-order valence-electron chi connectivity index (χ1n) is 11.1. The lowest BCUT2D eigenvalue weighted by molar-refractivity contribution is 0.0934. The maximum Gasteiger partial charge on any atom is 0.252 e. The number of rotatable bonds is 6. The summed E-state index contributed by atoms with van der Waals surface area (Å²) in [4.78, 5) is 13.3. The zero-order valence-corrected chi connectivity index (χ0v) is 20.1. The summed E-state index contributed by atoms with van der Waals surface area (Å²) < 4.78 is 27.8. The molecule has 0 radical (unpaired) electrons. The Morgan fingerprint density at radius 2 is 1.68 bits per heavy atom. The van der Waals surface area contributed by atoms with Crippen LogP contribution in [-0.2, 0) is 10.0 Å². The zero-order valence-electron chi connectivity index (χ0n) is 19.2. The average Bonchev–Trinajstić information content (AvgIpc) is 2.74. The summed E-state index contributed by atoms with van der Waals surface area (Å²) in [7, 11) is -3.60. The van der Waals surface area contributed by atoms with Crippen LogP contribution in [0.4, 0.5) is 0 Å². The van der Waals surface area contributed by atoms with Crippen molar-refractivity contribution in [1.29, 1.82) is 0 Å². The number of hydrogen-bond acceptors (Lipinski definition) is 3. The molecule has 1 N–H and O–H groups in total. The monoisotopic (exact) mass is 442 g/mol. The van der Waals surface area contributed by atoms with E-state index in [1.165, 1.54) is 17.2 Å². The second kappa shape index (κ2) is 9.53. The van der Waals surface area contributed by atoms with Crippen molar-refractivity contribution in [2.45, 2.75) is 64.8 Å². The number of nitrogens with zero attached hydrogens (tertiary/aromatic N) is 1. The third-order valence-electron chi connectivity index (χ3n) is 6.48. The van der Waals surface area contributed by atoms with E-state index in [0.29, 0.717) is 24.6 Å². The Labute approximate surface area is 186 Å². The Kier molecular flexibility index (Phi) is 7.22. The largest absolute Gasteiger partial charge is 0.345 e. The summed E-state index contributed by atoms with van der Waals surface area (Å²) in [6.45, 7) is 11.2. The highest BCUT2D eigenvalue weighted by molar-refractivity contribution is 7.89. The number of carbonyl (C=O) groups is 1. The van der Waals surface area contributed by atoms with Gasteiger partial charge in [-0.3, -0.25) is 4.79 Å². The van der Waals surface area contributed by atoms with Crippen LogP contribution < -0.4 is 5.32 Å². The van der Waals surface area contributed by atoms with Gasteiger partial charge in [0.15, 0.2) is 0 Å². The number of piperidine rings is 1. The van der Waals surface area contributed by atoms with Crippen LogP contribution in [0.3, 0.4) is 0 Å². The third kappa shape index (κ3) is 5.18. The van der Waals surface area contributed by atoms with E-state index in [0.717, 1.165) is 30.4 Å². The molecule has 0 unspecified atom stereocenters. The van der Waals surface area contributed by atoms with Gasteiger partial charge in [-0.1, -0.05) is 38.1 Å². The summed E-state index contributed by atoms with van der Waals surface area (Å²) in [6, 6.07) is 11.0. The summed E-state index contributed by atoms with van der Waals surface area (Å²) in [6.07, 6.45) is 2.48. The molecule has 6 heteroatoms. The first kappa shape index (κ1) is 23.5. The number of amides is 1. The number of hydrogen-bond donors (Lipinski definition) is 1. The Morgan fingerprint density at radius 3 is 2.29 bits per heavy atom. The van der Waals surface area contributed by atoms with E-state index in [2.05, 4.69) is 38.2 Å². The highest BCUT2D eigenvalue weighted by Crippen LogP contribution is 2.26. The predicted molar refractivity (Wildman–Crippen MR) is 125 cm³/mol. The summed E-state index contributed by atoms with van der Waals surface area (Å²) in [5.41, 5.74) is 4.63. The second-order valence-corrected chi connectivity index (χ2v) is 10.8. The van der Waals surface area contributed by atoms with Gasteiger partial charge < -0.3 is 5.32 Å². The molecule has 5 nitrogen and oxygen atoms in total. The first-order chi connectivity index (χ1) is 14.6. The Balaban J connectivity index is 1.85. The standard InChI is InChI=1S/C25H34N2O3S/c1-6-24(21-9-7-18(3)20(5)15-21)26-25(28)23-16-22(10-8-19(23)4)31(29,30)27-13-11-17(2)12-14-27/h7-10,15-17,24H,6,11-14H2,1-5H3,(H,26,28)/t24-/m0/s1. The van der Waals surface area contributed by atoms with E-state index in [9.17, 15) is 13.2 Å². The van der Waals surface area contributed by atoms with Crippen molar-refractivity contribution in [2.24, 2.45) is 5.92 Å². The normalized spacial score (nSPS) is 16.8. The van der Waals surface area contributed by atoms with Crippen LogP contribution in [0.15, 0.2) is 41.3 Å². The van der Waals surface area contributed by atoms with Gasteiger partial charge in [0, 0.05) is 18.7 Å². The van der Waals surface area contributed by atoms with Gasteiger partial charge in [0.2, 0.25) is 10.0 Å². The van der Waals surface area contributed by atoms with Crippen LogP contribution in [0.1, 0.15) is 71.8 Å². The Morgan fingerprint density at radius 1 is 1.03 bits per heavy atom. The van der Waals surface area contributed by atoms with E-state index < -0.39 is 10.0 Å². The molecule has 31 heavy (non-hydrogen) atoms. The number of aryl methyl sites for hydroxylation is 3. The summed E-state index contributed by atoms with van der Waals surface area (Å²) in [5.74, 6) is 0.300. The molecule has 0 aliphatic carbocycles. The van der Waals surface area contributed by atoms with Gasteiger partial charge in [0.1, 0.15) is 0 Å². The molecule has 0 spiro atoms. The molecule has 0 saturated carbocycles. The van der Waals surface area contributed by atoms with E-state index in [1.807, 2.05) is 19.9 Å². The maximum atomic E-state index is 13.1. The minimum Gasteiger partial charge on any atom is -0.345 e. The van der Waals surface area contributed by atoms with Crippen molar-refractivity contribution in [3.63, 3.8) is 0 Å². The molecule has 3 rings (SSSR count). The number of benzene rings is 2. The highest BCUT2D eigenvalue weighted by atomic mass is 32.2. The number of carbonyl (C=O) groups excluding carboxylic acids is 1. The van der Waals surface area contributed by atoms with Gasteiger partial charge in [-0.05, 0) is 80.3 Å². The van der Waals surface area contributed by atoms with Crippen LogP contribution in [0.25, 0.3) is 0 Å². The van der Waals surface area contributed by atoms with Crippen LogP contribution in [0.2, 0.25) is 0 Å². The Hall–Kier alpha value is -2.18. The molecule has 1 heterocycles. The second-order valence-electron chi connectivity index (χ2n) is 8.84. The summed E-state index contributed by atoms with van der Waals surface area (Å²) in [5, 5.41) is 3.10. The summed E-state index contributed by atoms with van der Waals surface area (Å²) >= 11 is 0. The molecule has 168 valence electrons. The van der Waals surface area contributed by atoms with E-state index in [1.54, 1.807) is 16.4 Å².